The zero-order chi connectivity index (χ0) is 14.8. The number of fused-ring (bicyclic) bond motifs is 2. The molecule has 1 aromatic rings. The van der Waals surface area contributed by atoms with E-state index in [1.165, 1.54) is 31.4 Å². The van der Waals surface area contributed by atoms with E-state index < -0.39 is 0 Å². The van der Waals surface area contributed by atoms with Crippen molar-refractivity contribution in [2.24, 2.45) is 10.9 Å². The van der Waals surface area contributed by atoms with Crippen LogP contribution in [-0.2, 0) is 6.54 Å². The molecule has 2 aliphatic heterocycles. The number of likely N-dealkylation sites (N-methyl/N-ethyl adjacent to an activating group) is 1. The molecule has 2 heterocycles. The van der Waals surface area contributed by atoms with Crippen LogP contribution in [0.5, 0.6) is 0 Å². The fourth-order valence-electron chi connectivity index (χ4n) is 3.62. The van der Waals surface area contributed by atoms with Crippen LogP contribution in [0.2, 0.25) is 0 Å². The minimum absolute atomic E-state index is 0.162. The number of rotatable bonds is 3. The smallest absolute Gasteiger partial charge is 0.170 e. The lowest BCUT2D eigenvalue weighted by Crippen LogP contribution is -2.36. The number of benzene rings is 1. The van der Waals surface area contributed by atoms with Gasteiger partial charge in [0.25, 0.3) is 0 Å². The van der Waals surface area contributed by atoms with Gasteiger partial charge in [0, 0.05) is 37.3 Å². The first-order valence-electron chi connectivity index (χ1n) is 7.68. The molecule has 5 nitrogen and oxygen atoms in total. The first-order valence-corrected chi connectivity index (χ1v) is 7.68. The molecule has 2 unspecified atom stereocenters. The molecule has 0 saturated carbocycles. The predicted molar refractivity (Wildman–Crippen MR) is 83.4 cm³/mol. The highest BCUT2D eigenvalue weighted by atomic mass is 16.4. The third-order valence-corrected chi connectivity index (χ3v) is 5.00. The second-order valence-corrected chi connectivity index (χ2v) is 6.26. The summed E-state index contributed by atoms with van der Waals surface area (Å²) in [5.41, 5.74) is 7.63. The summed E-state index contributed by atoms with van der Waals surface area (Å²) >= 11 is 0. The van der Waals surface area contributed by atoms with Gasteiger partial charge >= 0.3 is 0 Å². The Kier molecular flexibility index (Phi) is 4.12. The molecule has 0 amide bonds. The van der Waals surface area contributed by atoms with Crippen molar-refractivity contribution in [3.8, 4) is 0 Å². The molecule has 3 N–H and O–H groups in total. The standard InChI is InChI=1S/C16H24N4O/c1-19-14-6-7-15(19)11-20(9-8-14)10-12-2-4-13(5-3-12)16(17)18-21/h2-5,14-15,21H,6-11H2,1H3,(H2,17,18). The summed E-state index contributed by atoms with van der Waals surface area (Å²) in [6.07, 6.45) is 3.97. The molecule has 0 aromatic heterocycles. The zero-order valence-corrected chi connectivity index (χ0v) is 12.6. The topological polar surface area (TPSA) is 65.1 Å². The van der Waals surface area contributed by atoms with Crippen LogP contribution < -0.4 is 5.73 Å². The highest BCUT2D eigenvalue weighted by molar-refractivity contribution is 5.96. The molecule has 2 saturated heterocycles. The molecule has 0 aliphatic carbocycles. The summed E-state index contributed by atoms with van der Waals surface area (Å²) in [5, 5.41) is 11.7. The van der Waals surface area contributed by atoms with Crippen LogP contribution in [0.25, 0.3) is 0 Å². The van der Waals surface area contributed by atoms with Gasteiger partial charge in [0.15, 0.2) is 5.84 Å². The Morgan fingerprint density at radius 1 is 1.24 bits per heavy atom. The first kappa shape index (κ1) is 14.4. The van der Waals surface area contributed by atoms with Crippen LogP contribution in [-0.4, -0.2) is 53.1 Å². The third kappa shape index (κ3) is 3.04. The van der Waals surface area contributed by atoms with Crippen LogP contribution >= 0.6 is 0 Å². The van der Waals surface area contributed by atoms with E-state index >= 15 is 0 Å². The highest BCUT2D eigenvalue weighted by Gasteiger charge is 2.34. The third-order valence-electron chi connectivity index (χ3n) is 5.00. The Hall–Kier alpha value is -1.59. The molecule has 2 fully saturated rings. The summed E-state index contributed by atoms with van der Waals surface area (Å²) in [5.74, 6) is 0.162. The Labute approximate surface area is 126 Å². The Bertz CT molecular complexity index is 514. The SMILES string of the molecule is CN1C2CCC1CN(Cc1ccc(C(N)=NO)cc1)CC2. The van der Waals surface area contributed by atoms with Gasteiger partial charge in [-0.15, -0.1) is 0 Å². The lowest BCUT2D eigenvalue weighted by molar-refractivity contribution is 0.214. The van der Waals surface area contributed by atoms with Gasteiger partial charge in [0.1, 0.15) is 0 Å². The first-order chi connectivity index (χ1) is 10.2. The van der Waals surface area contributed by atoms with Gasteiger partial charge in [-0.1, -0.05) is 29.4 Å². The summed E-state index contributed by atoms with van der Waals surface area (Å²) < 4.78 is 0. The van der Waals surface area contributed by atoms with Crippen LogP contribution in [0.4, 0.5) is 0 Å². The second-order valence-electron chi connectivity index (χ2n) is 6.26. The van der Waals surface area contributed by atoms with Crippen molar-refractivity contribution in [3.05, 3.63) is 35.4 Å². The molecular weight excluding hydrogens is 264 g/mol. The summed E-state index contributed by atoms with van der Waals surface area (Å²) in [6.45, 7) is 3.32. The summed E-state index contributed by atoms with van der Waals surface area (Å²) in [6, 6.07) is 9.47. The summed E-state index contributed by atoms with van der Waals surface area (Å²) in [4.78, 5) is 5.13. The van der Waals surface area contributed by atoms with Crippen LogP contribution in [0.3, 0.4) is 0 Å². The maximum atomic E-state index is 8.69. The zero-order valence-electron chi connectivity index (χ0n) is 12.6. The fourth-order valence-corrected chi connectivity index (χ4v) is 3.62. The van der Waals surface area contributed by atoms with Gasteiger partial charge in [0.2, 0.25) is 0 Å². The Morgan fingerprint density at radius 3 is 2.67 bits per heavy atom. The number of nitrogens with two attached hydrogens (primary N) is 1. The molecular formula is C16H24N4O. The van der Waals surface area contributed by atoms with Crippen LogP contribution in [0.1, 0.15) is 30.4 Å². The summed E-state index contributed by atoms with van der Waals surface area (Å²) in [7, 11) is 2.28. The molecule has 2 atom stereocenters. The van der Waals surface area contributed by atoms with Crippen molar-refractivity contribution in [1.82, 2.24) is 9.80 Å². The minimum atomic E-state index is 0.162. The molecule has 0 radical (unpaired) electrons. The molecule has 3 rings (SSSR count). The largest absolute Gasteiger partial charge is 0.409 e. The van der Waals surface area contributed by atoms with Crippen LogP contribution in [0.15, 0.2) is 29.4 Å². The van der Waals surface area contributed by atoms with Crippen molar-refractivity contribution in [2.75, 3.05) is 20.1 Å². The average Bonchev–Trinajstić information content (AvgIpc) is 2.75. The molecule has 2 aliphatic rings. The predicted octanol–water partition coefficient (Wildman–Crippen LogP) is 1.45. The van der Waals surface area contributed by atoms with Gasteiger partial charge in [-0.05, 0) is 31.9 Å². The van der Waals surface area contributed by atoms with Crippen molar-refractivity contribution < 1.29 is 5.21 Å². The van der Waals surface area contributed by atoms with Crippen molar-refractivity contribution in [2.45, 2.75) is 37.9 Å². The lowest BCUT2D eigenvalue weighted by Gasteiger charge is -2.25. The van der Waals surface area contributed by atoms with E-state index in [1.54, 1.807) is 0 Å². The molecule has 21 heavy (non-hydrogen) atoms. The van der Waals surface area contributed by atoms with E-state index in [0.29, 0.717) is 6.04 Å². The number of hydrogen-bond acceptors (Lipinski definition) is 4. The minimum Gasteiger partial charge on any atom is -0.409 e. The number of nitrogens with zero attached hydrogens (tertiary/aromatic N) is 3. The van der Waals surface area contributed by atoms with Gasteiger partial charge < -0.3 is 10.9 Å². The van der Waals surface area contributed by atoms with E-state index in [4.69, 9.17) is 10.9 Å². The van der Waals surface area contributed by atoms with Crippen LogP contribution in [0, 0.1) is 0 Å². The van der Waals surface area contributed by atoms with E-state index in [2.05, 4.69) is 34.1 Å². The number of hydrogen-bond donors (Lipinski definition) is 2. The highest BCUT2D eigenvalue weighted by Crippen LogP contribution is 2.28. The van der Waals surface area contributed by atoms with Crippen molar-refractivity contribution >= 4 is 5.84 Å². The van der Waals surface area contributed by atoms with E-state index in [0.717, 1.165) is 24.7 Å². The van der Waals surface area contributed by atoms with E-state index in [1.807, 2.05) is 12.1 Å². The van der Waals surface area contributed by atoms with Gasteiger partial charge in [-0.2, -0.15) is 0 Å². The number of likely N-dealkylation sites (tertiary alicyclic amines) is 1. The number of amidine groups is 1. The van der Waals surface area contributed by atoms with E-state index in [9.17, 15) is 0 Å². The second kappa shape index (κ2) is 6.03. The maximum Gasteiger partial charge on any atom is 0.170 e. The number of oxime groups is 1. The molecule has 1 aromatic carbocycles. The molecule has 5 heteroatoms. The normalized spacial score (nSPS) is 27.8. The molecule has 114 valence electrons. The Balaban J connectivity index is 1.64. The van der Waals surface area contributed by atoms with E-state index in [-0.39, 0.29) is 5.84 Å². The van der Waals surface area contributed by atoms with Crippen molar-refractivity contribution in [1.29, 1.82) is 0 Å². The average molecular weight is 288 g/mol. The van der Waals surface area contributed by atoms with Gasteiger partial charge in [-0.25, -0.2) is 0 Å². The lowest BCUT2D eigenvalue weighted by atomic mass is 10.1. The maximum absolute atomic E-state index is 8.69. The molecule has 2 bridgehead atoms. The Morgan fingerprint density at radius 2 is 1.95 bits per heavy atom. The fraction of sp³-hybridized carbons (Fsp3) is 0.562. The van der Waals surface area contributed by atoms with Gasteiger partial charge in [-0.3, -0.25) is 9.80 Å². The monoisotopic (exact) mass is 288 g/mol. The van der Waals surface area contributed by atoms with Gasteiger partial charge in [0.05, 0.1) is 0 Å². The quantitative estimate of drug-likeness (QED) is 0.382. The molecule has 0 spiro atoms. The van der Waals surface area contributed by atoms with Crippen molar-refractivity contribution in [3.63, 3.8) is 0 Å².